The fraction of sp³-hybridized carbons (Fsp3) is 0.138. The Morgan fingerprint density at radius 1 is 0.889 bits per heavy atom. The van der Waals surface area contributed by atoms with E-state index in [-0.39, 0.29) is 0 Å². The molecule has 1 N–H and O–H groups in total. The van der Waals surface area contributed by atoms with Gasteiger partial charge in [0.25, 0.3) is 0 Å². The average molecular weight is 540 g/mol. The number of nitrogens with one attached hydrogen (secondary N) is 1. The molecule has 36 heavy (non-hydrogen) atoms. The largest absolute Gasteiger partial charge is 0.484 e. The van der Waals surface area contributed by atoms with Crippen molar-refractivity contribution in [2.24, 2.45) is 0 Å². The zero-order valence-electron chi connectivity index (χ0n) is 19.7. The van der Waals surface area contributed by atoms with E-state index < -0.39 is 23.2 Å². The van der Waals surface area contributed by atoms with Crippen LogP contribution < -0.4 is 5.32 Å². The van der Waals surface area contributed by atoms with E-state index in [0.29, 0.717) is 28.3 Å². The van der Waals surface area contributed by atoms with Crippen LogP contribution in [-0.4, -0.2) is 33.0 Å². The third-order valence-electron chi connectivity index (χ3n) is 6.60. The van der Waals surface area contributed by atoms with Gasteiger partial charge in [-0.2, -0.15) is 5.10 Å². The predicted octanol–water partition coefficient (Wildman–Crippen LogP) is 6.07. The van der Waals surface area contributed by atoms with Crippen LogP contribution in [0.5, 0.6) is 0 Å². The molecule has 178 valence electrons. The molecule has 1 aromatic heterocycles. The second kappa shape index (κ2) is 8.31. The third kappa shape index (κ3) is 3.58. The number of nitrogens with zero attached hydrogens (tertiary/aromatic N) is 2. The van der Waals surface area contributed by atoms with Gasteiger partial charge in [-0.1, -0.05) is 70.5 Å². The molecule has 7 heteroatoms. The minimum absolute atomic E-state index is 0.355. The highest BCUT2D eigenvalue weighted by molar-refractivity contribution is 9.10. The first kappa shape index (κ1) is 22.5. The summed E-state index contributed by atoms with van der Waals surface area (Å²) in [5.74, 6) is 0.106. The van der Waals surface area contributed by atoms with Gasteiger partial charge in [0.05, 0.1) is 23.0 Å². The summed E-state index contributed by atoms with van der Waals surface area (Å²) in [6.45, 7) is 3.84. The van der Waals surface area contributed by atoms with Crippen molar-refractivity contribution in [3.05, 3.63) is 106 Å². The van der Waals surface area contributed by atoms with Crippen LogP contribution in [0.4, 0.5) is 5.82 Å². The molecule has 1 aliphatic heterocycles. The number of anilines is 1. The second-order valence-corrected chi connectivity index (χ2v) is 10.3. The highest BCUT2D eigenvalue weighted by Crippen LogP contribution is 2.45. The third-order valence-corrected chi connectivity index (χ3v) is 7.13. The fourth-order valence-corrected chi connectivity index (χ4v) is 5.08. The van der Waals surface area contributed by atoms with E-state index >= 15 is 0 Å². The zero-order chi connectivity index (χ0) is 25.0. The summed E-state index contributed by atoms with van der Waals surface area (Å²) in [5.41, 5.74) is 3.20. The Balaban J connectivity index is 1.48. The van der Waals surface area contributed by atoms with E-state index in [9.17, 15) is 9.59 Å². The molecule has 1 aliphatic carbocycles. The quantitative estimate of drug-likeness (QED) is 0.318. The second-order valence-electron chi connectivity index (χ2n) is 9.40. The lowest BCUT2D eigenvalue weighted by Gasteiger charge is -2.29. The van der Waals surface area contributed by atoms with Gasteiger partial charge in [0.2, 0.25) is 11.6 Å². The summed E-state index contributed by atoms with van der Waals surface area (Å²) in [6, 6.07) is 26.2. The number of carbonyl (C=O) groups excluding carboxylic acids is 2. The molecule has 6 rings (SSSR count). The van der Waals surface area contributed by atoms with Gasteiger partial charge in [-0.25, -0.2) is 4.68 Å². The summed E-state index contributed by atoms with van der Waals surface area (Å²) in [6.07, 6.45) is 0. The molecular weight excluding hydrogens is 518 g/mol. The number of carbonyl (C=O) groups is 2. The molecule has 1 atom stereocenters. The van der Waals surface area contributed by atoms with E-state index in [1.165, 1.54) is 0 Å². The monoisotopic (exact) mass is 539 g/mol. The molecule has 0 bridgehead atoms. The van der Waals surface area contributed by atoms with E-state index in [0.717, 1.165) is 21.4 Å². The molecule has 2 heterocycles. The molecule has 0 saturated carbocycles. The van der Waals surface area contributed by atoms with Gasteiger partial charge in [-0.05, 0) is 38.1 Å². The minimum Gasteiger partial charge on any atom is -0.484 e. The first-order chi connectivity index (χ1) is 17.3. The fourth-order valence-electron chi connectivity index (χ4n) is 4.82. The van der Waals surface area contributed by atoms with Crippen molar-refractivity contribution >= 4 is 39.1 Å². The Labute approximate surface area is 216 Å². The van der Waals surface area contributed by atoms with Gasteiger partial charge < -0.3 is 10.1 Å². The molecule has 0 fully saturated rings. The first-order valence-corrected chi connectivity index (χ1v) is 12.4. The molecule has 0 amide bonds. The van der Waals surface area contributed by atoms with Crippen molar-refractivity contribution in [1.82, 2.24) is 9.78 Å². The number of ether oxygens (including phenoxy) is 1. The van der Waals surface area contributed by atoms with Gasteiger partial charge in [-0.3, -0.25) is 9.59 Å². The molecule has 0 spiro atoms. The molecule has 0 radical (unpaired) electrons. The Morgan fingerprint density at radius 2 is 1.56 bits per heavy atom. The Morgan fingerprint density at radius 3 is 2.28 bits per heavy atom. The molecular formula is C29H22BrN3O3. The number of hydrogen-bond donors (Lipinski definition) is 1. The average Bonchev–Trinajstić information content (AvgIpc) is 3.42. The first-order valence-electron chi connectivity index (χ1n) is 11.6. The Kier molecular flexibility index (Phi) is 5.19. The summed E-state index contributed by atoms with van der Waals surface area (Å²) < 4.78 is 9.12. The SMILES string of the molecule is CC1(C)OC2=C(C(=O)C(=O)c3ccccc32)C1Nc1cc(-c2ccccc2)nn1-c1ccc(Br)cc1. The van der Waals surface area contributed by atoms with Crippen molar-refractivity contribution in [2.75, 3.05) is 5.32 Å². The highest BCUT2D eigenvalue weighted by atomic mass is 79.9. The normalized spacial score (nSPS) is 18.0. The zero-order valence-corrected chi connectivity index (χ0v) is 21.2. The molecule has 4 aromatic rings. The van der Waals surface area contributed by atoms with E-state index in [1.54, 1.807) is 12.1 Å². The summed E-state index contributed by atoms with van der Waals surface area (Å²) >= 11 is 3.49. The van der Waals surface area contributed by atoms with E-state index in [1.807, 2.05) is 91.3 Å². The minimum atomic E-state index is -0.792. The number of ketones is 2. The maximum absolute atomic E-state index is 13.3. The van der Waals surface area contributed by atoms with Gasteiger partial charge in [0.15, 0.2) is 0 Å². The standard InChI is InChI=1S/C29H22BrN3O3/c1-29(2)28(24-26(35)25(34)20-10-6-7-11-21(20)27(24)36-29)31-23-16-22(17-8-4-3-5-9-17)32-33(23)19-14-12-18(30)13-15-19/h3-16,28,31H,1-2H3. The maximum atomic E-state index is 13.3. The summed E-state index contributed by atoms with van der Waals surface area (Å²) in [7, 11) is 0. The van der Waals surface area contributed by atoms with Crippen LogP contribution in [0.25, 0.3) is 22.7 Å². The number of aromatic nitrogens is 2. The lowest BCUT2D eigenvalue weighted by Crippen LogP contribution is -2.43. The van der Waals surface area contributed by atoms with E-state index in [4.69, 9.17) is 9.84 Å². The number of rotatable bonds is 4. The summed E-state index contributed by atoms with van der Waals surface area (Å²) in [4.78, 5) is 26.3. The number of fused-ring (bicyclic) bond motifs is 2. The maximum Gasteiger partial charge on any atom is 0.235 e. The van der Waals surface area contributed by atoms with Crippen molar-refractivity contribution < 1.29 is 14.3 Å². The topological polar surface area (TPSA) is 73.2 Å². The van der Waals surface area contributed by atoms with Gasteiger partial charge in [0.1, 0.15) is 17.2 Å². The molecule has 2 aliphatic rings. The smallest absolute Gasteiger partial charge is 0.235 e. The lowest BCUT2D eigenvalue weighted by molar-refractivity contribution is -0.112. The van der Waals surface area contributed by atoms with Gasteiger partial charge in [-0.15, -0.1) is 0 Å². The van der Waals surface area contributed by atoms with Crippen LogP contribution >= 0.6 is 15.9 Å². The van der Waals surface area contributed by atoms with Crippen LogP contribution in [0, 0.1) is 0 Å². The van der Waals surface area contributed by atoms with Crippen LogP contribution in [0.3, 0.4) is 0 Å². The predicted molar refractivity (Wildman–Crippen MR) is 142 cm³/mol. The molecule has 3 aromatic carbocycles. The van der Waals surface area contributed by atoms with Gasteiger partial charge >= 0.3 is 0 Å². The molecule has 0 saturated heterocycles. The van der Waals surface area contributed by atoms with Crippen LogP contribution in [0.1, 0.15) is 29.8 Å². The van der Waals surface area contributed by atoms with Gasteiger partial charge in [0, 0.05) is 27.2 Å². The highest BCUT2D eigenvalue weighted by Gasteiger charge is 2.51. The Hall–Kier alpha value is -3.97. The van der Waals surface area contributed by atoms with E-state index in [2.05, 4.69) is 21.2 Å². The summed E-state index contributed by atoms with van der Waals surface area (Å²) in [5, 5.41) is 8.39. The Bertz CT molecular complexity index is 1550. The van der Waals surface area contributed by atoms with Crippen molar-refractivity contribution in [3.8, 4) is 16.9 Å². The number of benzene rings is 3. The molecule has 6 nitrogen and oxygen atoms in total. The lowest BCUT2D eigenvalue weighted by atomic mass is 9.83. The van der Waals surface area contributed by atoms with Crippen molar-refractivity contribution in [2.45, 2.75) is 25.5 Å². The van der Waals surface area contributed by atoms with Crippen molar-refractivity contribution in [1.29, 1.82) is 0 Å². The molecule has 1 unspecified atom stereocenters. The number of hydrogen-bond acceptors (Lipinski definition) is 5. The van der Waals surface area contributed by atoms with Crippen LogP contribution in [-0.2, 0) is 9.53 Å². The van der Waals surface area contributed by atoms with Crippen molar-refractivity contribution in [3.63, 3.8) is 0 Å². The number of halogens is 1. The van der Waals surface area contributed by atoms with Crippen LogP contribution in [0.2, 0.25) is 0 Å². The number of Topliss-reactive ketones (excluding diaryl/α,β-unsaturated/α-hetero) is 2. The van der Waals surface area contributed by atoms with Crippen LogP contribution in [0.15, 0.2) is 95.0 Å².